The van der Waals surface area contributed by atoms with E-state index >= 15 is 0 Å². The number of morpholine rings is 1. The van der Waals surface area contributed by atoms with Crippen LogP contribution in [-0.2, 0) is 4.74 Å². The lowest BCUT2D eigenvalue weighted by Gasteiger charge is -2.29. The van der Waals surface area contributed by atoms with Gasteiger partial charge >= 0.3 is 0 Å². The van der Waals surface area contributed by atoms with E-state index in [0.717, 1.165) is 25.5 Å². The molecule has 0 saturated carbocycles. The molecule has 1 fully saturated rings. The van der Waals surface area contributed by atoms with Crippen LogP contribution in [0.2, 0.25) is 0 Å². The first-order chi connectivity index (χ1) is 9.74. The molecular weight excluding hydrogens is 256 g/mol. The second-order valence-electron chi connectivity index (χ2n) is 4.80. The highest BCUT2D eigenvalue weighted by Gasteiger charge is 2.21. The second kappa shape index (κ2) is 7.21. The number of pyridine rings is 1. The minimum Gasteiger partial charge on any atom is -0.378 e. The number of nitrogens with zero attached hydrogens (tertiary/aromatic N) is 3. The Labute approximate surface area is 119 Å². The van der Waals surface area contributed by atoms with E-state index in [4.69, 9.17) is 4.74 Å². The van der Waals surface area contributed by atoms with E-state index in [2.05, 4.69) is 15.2 Å². The number of ether oxygens (including phenoxy) is 1. The van der Waals surface area contributed by atoms with E-state index < -0.39 is 0 Å². The van der Waals surface area contributed by atoms with Gasteiger partial charge < -0.3 is 19.9 Å². The van der Waals surface area contributed by atoms with Crippen molar-refractivity contribution in [3.05, 3.63) is 23.9 Å². The molecular formula is C14H22N4O2. The van der Waals surface area contributed by atoms with Crippen LogP contribution in [0.1, 0.15) is 10.4 Å². The smallest absolute Gasteiger partial charge is 0.257 e. The minimum atomic E-state index is 0.00911. The molecule has 1 aliphatic heterocycles. The molecule has 20 heavy (non-hydrogen) atoms. The zero-order chi connectivity index (χ0) is 14.4. The lowest BCUT2D eigenvalue weighted by atomic mass is 10.2. The van der Waals surface area contributed by atoms with Crippen molar-refractivity contribution in [3.63, 3.8) is 0 Å². The third-order valence-electron chi connectivity index (χ3n) is 3.37. The highest BCUT2D eigenvalue weighted by molar-refractivity contribution is 5.98. The highest BCUT2D eigenvalue weighted by Crippen LogP contribution is 2.19. The van der Waals surface area contributed by atoms with E-state index in [0.29, 0.717) is 25.3 Å². The highest BCUT2D eigenvalue weighted by atomic mass is 16.5. The second-order valence-corrected chi connectivity index (χ2v) is 4.80. The molecule has 1 saturated heterocycles. The summed E-state index contributed by atoms with van der Waals surface area (Å²) in [4.78, 5) is 20.7. The zero-order valence-electron chi connectivity index (χ0n) is 12.1. The number of rotatable bonds is 5. The van der Waals surface area contributed by atoms with Gasteiger partial charge in [0.15, 0.2) is 0 Å². The first kappa shape index (κ1) is 14.7. The van der Waals surface area contributed by atoms with Crippen LogP contribution in [0.4, 0.5) is 5.82 Å². The monoisotopic (exact) mass is 278 g/mol. The Morgan fingerprint density at radius 3 is 2.95 bits per heavy atom. The molecule has 0 aliphatic carbocycles. The van der Waals surface area contributed by atoms with Gasteiger partial charge in [-0.25, -0.2) is 4.98 Å². The maximum absolute atomic E-state index is 12.5. The Morgan fingerprint density at radius 1 is 1.50 bits per heavy atom. The van der Waals surface area contributed by atoms with Gasteiger partial charge in [0.05, 0.1) is 18.8 Å². The van der Waals surface area contributed by atoms with Gasteiger partial charge in [-0.05, 0) is 19.2 Å². The molecule has 0 atom stereocenters. The number of carbonyl (C=O) groups is 1. The number of likely N-dealkylation sites (N-methyl/N-ethyl adjacent to an activating group) is 2. The average molecular weight is 278 g/mol. The van der Waals surface area contributed by atoms with Crippen LogP contribution < -0.4 is 10.2 Å². The number of nitrogens with one attached hydrogen (secondary N) is 1. The topological polar surface area (TPSA) is 57.7 Å². The number of hydrogen-bond donors (Lipinski definition) is 1. The third-order valence-corrected chi connectivity index (χ3v) is 3.37. The maximum Gasteiger partial charge on any atom is 0.257 e. The van der Waals surface area contributed by atoms with Gasteiger partial charge in [0.1, 0.15) is 5.82 Å². The summed E-state index contributed by atoms with van der Waals surface area (Å²) in [5.41, 5.74) is 0.660. The molecule has 0 radical (unpaired) electrons. The Kier molecular flexibility index (Phi) is 5.31. The van der Waals surface area contributed by atoms with Crippen molar-refractivity contribution < 1.29 is 9.53 Å². The van der Waals surface area contributed by atoms with Crippen molar-refractivity contribution in [2.24, 2.45) is 0 Å². The van der Waals surface area contributed by atoms with E-state index in [1.54, 1.807) is 11.1 Å². The Balaban J connectivity index is 2.16. The van der Waals surface area contributed by atoms with Crippen LogP contribution in [-0.4, -0.2) is 69.3 Å². The van der Waals surface area contributed by atoms with E-state index in [-0.39, 0.29) is 5.91 Å². The standard InChI is InChI=1S/C14H22N4O2/c1-15-6-7-17(2)14(19)12-4-3-5-16-13(12)18-8-10-20-11-9-18/h3-5,15H,6-11H2,1-2H3. The van der Waals surface area contributed by atoms with Crippen LogP contribution in [0, 0.1) is 0 Å². The van der Waals surface area contributed by atoms with Crippen molar-refractivity contribution in [2.75, 3.05) is 58.4 Å². The molecule has 0 aromatic carbocycles. The molecule has 0 unspecified atom stereocenters. The molecule has 2 rings (SSSR count). The molecule has 2 heterocycles. The van der Waals surface area contributed by atoms with Crippen LogP contribution >= 0.6 is 0 Å². The molecule has 1 amide bonds. The van der Waals surface area contributed by atoms with Gasteiger partial charge in [-0.1, -0.05) is 0 Å². The lowest BCUT2D eigenvalue weighted by Crippen LogP contribution is -2.39. The molecule has 1 aliphatic rings. The molecule has 0 bridgehead atoms. The summed E-state index contributed by atoms with van der Waals surface area (Å²) in [7, 11) is 3.69. The summed E-state index contributed by atoms with van der Waals surface area (Å²) in [6, 6.07) is 3.65. The number of carbonyl (C=O) groups excluding carboxylic acids is 1. The molecule has 110 valence electrons. The van der Waals surface area contributed by atoms with E-state index in [1.807, 2.05) is 26.2 Å². The first-order valence-corrected chi connectivity index (χ1v) is 6.92. The normalized spacial score (nSPS) is 15.2. The van der Waals surface area contributed by atoms with Crippen molar-refractivity contribution in [1.82, 2.24) is 15.2 Å². The van der Waals surface area contributed by atoms with Gasteiger partial charge in [-0.15, -0.1) is 0 Å². The van der Waals surface area contributed by atoms with E-state index in [9.17, 15) is 4.79 Å². The fourth-order valence-electron chi connectivity index (χ4n) is 2.18. The van der Waals surface area contributed by atoms with Gasteiger partial charge in [0.2, 0.25) is 0 Å². The predicted octanol–water partition coefficient (Wildman–Crippen LogP) is 0.210. The van der Waals surface area contributed by atoms with Crippen molar-refractivity contribution >= 4 is 11.7 Å². The SMILES string of the molecule is CNCCN(C)C(=O)c1cccnc1N1CCOCC1. The summed E-state index contributed by atoms with van der Waals surface area (Å²) >= 11 is 0. The maximum atomic E-state index is 12.5. The van der Waals surface area contributed by atoms with Crippen molar-refractivity contribution in [2.45, 2.75) is 0 Å². The summed E-state index contributed by atoms with van der Waals surface area (Å²) in [5.74, 6) is 0.770. The first-order valence-electron chi connectivity index (χ1n) is 6.92. The summed E-state index contributed by atoms with van der Waals surface area (Å²) in [6.45, 7) is 4.36. The predicted molar refractivity (Wildman–Crippen MR) is 78.2 cm³/mol. The Hall–Kier alpha value is -1.66. The minimum absolute atomic E-state index is 0.00911. The van der Waals surface area contributed by atoms with Gasteiger partial charge in [-0.2, -0.15) is 0 Å². The van der Waals surface area contributed by atoms with Crippen LogP contribution in [0.3, 0.4) is 0 Å². The number of aromatic nitrogens is 1. The quantitative estimate of drug-likeness (QED) is 0.834. The lowest BCUT2D eigenvalue weighted by molar-refractivity contribution is 0.0795. The summed E-state index contributed by atoms with van der Waals surface area (Å²) in [6.07, 6.45) is 1.73. The zero-order valence-corrected chi connectivity index (χ0v) is 12.1. The number of hydrogen-bond acceptors (Lipinski definition) is 5. The third kappa shape index (κ3) is 3.46. The largest absolute Gasteiger partial charge is 0.378 e. The van der Waals surface area contributed by atoms with Crippen LogP contribution in [0.15, 0.2) is 18.3 Å². The van der Waals surface area contributed by atoms with Gasteiger partial charge in [0, 0.05) is 39.4 Å². The molecule has 1 N–H and O–H groups in total. The molecule has 1 aromatic rings. The number of anilines is 1. The molecule has 6 nitrogen and oxygen atoms in total. The Bertz CT molecular complexity index is 447. The average Bonchev–Trinajstić information content (AvgIpc) is 2.52. The summed E-state index contributed by atoms with van der Waals surface area (Å²) in [5, 5.41) is 3.05. The van der Waals surface area contributed by atoms with Gasteiger partial charge in [0.25, 0.3) is 5.91 Å². The molecule has 1 aromatic heterocycles. The fourth-order valence-corrected chi connectivity index (χ4v) is 2.18. The van der Waals surface area contributed by atoms with E-state index in [1.165, 1.54) is 0 Å². The molecule has 6 heteroatoms. The van der Waals surface area contributed by atoms with Crippen LogP contribution in [0.5, 0.6) is 0 Å². The molecule has 0 spiro atoms. The Morgan fingerprint density at radius 2 is 2.25 bits per heavy atom. The van der Waals surface area contributed by atoms with Crippen molar-refractivity contribution in [1.29, 1.82) is 0 Å². The fraction of sp³-hybridized carbons (Fsp3) is 0.571. The van der Waals surface area contributed by atoms with Crippen molar-refractivity contribution in [3.8, 4) is 0 Å². The van der Waals surface area contributed by atoms with Gasteiger partial charge in [-0.3, -0.25) is 4.79 Å². The number of amides is 1. The summed E-state index contributed by atoms with van der Waals surface area (Å²) < 4.78 is 5.35. The van der Waals surface area contributed by atoms with Crippen LogP contribution in [0.25, 0.3) is 0 Å².